The largest absolute Gasteiger partial charge is 0.347 e. The van der Waals surface area contributed by atoms with Gasteiger partial charge < -0.3 is 9.80 Å². The molecule has 1 aromatic carbocycles. The van der Waals surface area contributed by atoms with Crippen LogP contribution in [-0.4, -0.2) is 52.9 Å². The van der Waals surface area contributed by atoms with E-state index in [0.717, 1.165) is 35.8 Å². The Morgan fingerprint density at radius 3 is 2.77 bits per heavy atom. The summed E-state index contributed by atoms with van der Waals surface area (Å²) in [7, 11) is 3.77. The number of aromatic nitrogens is 3. The summed E-state index contributed by atoms with van der Waals surface area (Å²) in [5.41, 5.74) is 2.80. The number of halogens is 1. The van der Waals surface area contributed by atoms with Crippen LogP contribution >= 0.6 is 11.3 Å². The molecule has 0 saturated carbocycles. The molecule has 1 aliphatic heterocycles. The number of piperidine rings is 1. The molecule has 1 aliphatic rings. The van der Waals surface area contributed by atoms with Crippen LogP contribution in [0.5, 0.6) is 0 Å². The molecule has 0 bridgehead atoms. The Bertz CT molecular complexity index is 1080. The Labute approximate surface area is 185 Å². The highest BCUT2D eigenvalue weighted by Crippen LogP contribution is 2.35. The molecular formula is C23H26FN5OS. The Morgan fingerprint density at radius 2 is 2.06 bits per heavy atom. The number of thiazole rings is 1. The minimum Gasteiger partial charge on any atom is -0.347 e. The third-order valence-electron chi connectivity index (χ3n) is 5.53. The number of hydrogen-bond donors (Lipinski definition) is 0. The molecule has 4 rings (SSSR count). The van der Waals surface area contributed by atoms with Gasteiger partial charge in [-0.3, -0.25) is 4.79 Å². The van der Waals surface area contributed by atoms with Crippen LogP contribution in [0.3, 0.4) is 0 Å². The molecule has 1 atom stereocenters. The number of amides is 1. The molecule has 1 saturated heterocycles. The Balaban J connectivity index is 1.63. The van der Waals surface area contributed by atoms with Crippen LogP contribution in [0.2, 0.25) is 0 Å². The van der Waals surface area contributed by atoms with Crippen molar-refractivity contribution in [2.24, 2.45) is 0 Å². The lowest BCUT2D eigenvalue weighted by Crippen LogP contribution is -2.40. The molecule has 31 heavy (non-hydrogen) atoms. The predicted octanol–water partition coefficient (Wildman–Crippen LogP) is 4.06. The average molecular weight is 440 g/mol. The maximum Gasteiger partial charge on any atom is 0.228 e. The fraction of sp³-hybridized carbons (Fsp3) is 0.391. The van der Waals surface area contributed by atoms with Crippen molar-refractivity contribution in [2.45, 2.75) is 32.1 Å². The lowest BCUT2D eigenvalue weighted by Gasteiger charge is -2.33. The first-order valence-corrected chi connectivity index (χ1v) is 11.3. The second kappa shape index (κ2) is 9.09. The van der Waals surface area contributed by atoms with Gasteiger partial charge in [-0.2, -0.15) is 0 Å². The minimum atomic E-state index is -0.299. The molecular weight excluding hydrogens is 413 g/mol. The van der Waals surface area contributed by atoms with Crippen molar-refractivity contribution in [1.82, 2.24) is 19.9 Å². The number of aryl methyl sites for hydroxylation is 1. The van der Waals surface area contributed by atoms with Gasteiger partial charge in [0, 0.05) is 55.8 Å². The van der Waals surface area contributed by atoms with Crippen LogP contribution in [-0.2, 0) is 11.2 Å². The molecule has 1 amide bonds. The molecule has 6 nitrogen and oxygen atoms in total. The summed E-state index contributed by atoms with van der Waals surface area (Å²) in [4.78, 5) is 30.3. The van der Waals surface area contributed by atoms with Gasteiger partial charge in [0.05, 0.1) is 22.8 Å². The molecule has 2 aromatic heterocycles. The van der Waals surface area contributed by atoms with Crippen molar-refractivity contribution in [1.29, 1.82) is 0 Å². The van der Waals surface area contributed by atoms with Crippen molar-refractivity contribution in [2.75, 3.05) is 32.1 Å². The van der Waals surface area contributed by atoms with Gasteiger partial charge in [-0.15, -0.1) is 11.3 Å². The summed E-state index contributed by atoms with van der Waals surface area (Å²) >= 11 is 1.56. The molecule has 0 N–H and O–H groups in total. The molecule has 1 unspecified atom stereocenters. The molecule has 162 valence electrons. The molecule has 8 heteroatoms. The number of nitrogens with zero attached hydrogens (tertiary/aromatic N) is 5. The maximum absolute atomic E-state index is 14.6. The molecule has 0 spiro atoms. The lowest BCUT2D eigenvalue weighted by atomic mass is 9.89. The van der Waals surface area contributed by atoms with Gasteiger partial charge in [0.15, 0.2) is 0 Å². The smallest absolute Gasteiger partial charge is 0.228 e. The van der Waals surface area contributed by atoms with Gasteiger partial charge in [0.1, 0.15) is 5.82 Å². The van der Waals surface area contributed by atoms with Crippen LogP contribution < -0.4 is 4.90 Å². The monoisotopic (exact) mass is 439 g/mol. The topological polar surface area (TPSA) is 62.2 Å². The second-order valence-corrected chi connectivity index (χ2v) is 9.12. The molecule has 0 radical (unpaired) electrons. The Morgan fingerprint density at radius 1 is 1.26 bits per heavy atom. The third-order valence-corrected chi connectivity index (χ3v) is 6.35. The van der Waals surface area contributed by atoms with Crippen LogP contribution in [0, 0.1) is 12.7 Å². The zero-order valence-electron chi connectivity index (χ0n) is 18.0. The SMILES string of the molecule is Cc1nc(CC(=O)N2CCCC(c3nc(N(C)C)ncc3-c3ccccc3F)C2)cs1. The van der Waals surface area contributed by atoms with Gasteiger partial charge >= 0.3 is 0 Å². The second-order valence-electron chi connectivity index (χ2n) is 8.06. The third kappa shape index (κ3) is 4.74. The van der Waals surface area contributed by atoms with Gasteiger partial charge in [-0.05, 0) is 25.8 Å². The van der Waals surface area contributed by atoms with Gasteiger partial charge in [-0.25, -0.2) is 19.3 Å². The summed E-state index contributed by atoms with van der Waals surface area (Å²) in [5.74, 6) is 0.375. The van der Waals surface area contributed by atoms with E-state index in [1.165, 1.54) is 6.07 Å². The average Bonchev–Trinajstić information content (AvgIpc) is 3.18. The van der Waals surface area contributed by atoms with E-state index in [9.17, 15) is 9.18 Å². The molecule has 3 aromatic rings. The van der Waals surface area contributed by atoms with E-state index in [1.807, 2.05) is 42.3 Å². The fourth-order valence-electron chi connectivity index (χ4n) is 3.98. The molecule has 3 heterocycles. The molecule has 0 aliphatic carbocycles. The van der Waals surface area contributed by atoms with Gasteiger partial charge in [-0.1, -0.05) is 18.2 Å². The van der Waals surface area contributed by atoms with E-state index >= 15 is 0 Å². The number of rotatable bonds is 5. The van der Waals surface area contributed by atoms with Crippen molar-refractivity contribution in [3.8, 4) is 11.1 Å². The number of anilines is 1. The highest BCUT2D eigenvalue weighted by Gasteiger charge is 2.29. The molecule has 1 fully saturated rings. The maximum atomic E-state index is 14.6. The zero-order valence-corrected chi connectivity index (χ0v) is 18.8. The Kier molecular flexibility index (Phi) is 6.27. The van der Waals surface area contributed by atoms with Gasteiger partial charge in [0.25, 0.3) is 0 Å². The predicted molar refractivity (Wildman–Crippen MR) is 121 cm³/mol. The summed E-state index contributed by atoms with van der Waals surface area (Å²) in [6, 6.07) is 6.69. The van der Waals surface area contributed by atoms with Crippen LogP contribution in [0.4, 0.5) is 10.3 Å². The van der Waals surface area contributed by atoms with Crippen LogP contribution in [0.15, 0.2) is 35.8 Å². The summed E-state index contributed by atoms with van der Waals surface area (Å²) in [6.07, 6.45) is 3.79. The quantitative estimate of drug-likeness (QED) is 0.600. The van der Waals surface area contributed by atoms with Crippen molar-refractivity contribution < 1.29 is 9.18 Å². The Hall–Kier alpha value is -2.87. The van der Waals surface area contributed by atoms with Crippen LogP contribution in [0.25, 0.3) is 11.1 Å². The van der Waals surface area contributed by atoms with E-state index in [4.69, 9.17) is 4.98 Å². The van der Waals surface area contributed by atoms with Crippen molar-refractivity contribution >= 4 is 23.2 Å². The normalized spacial score (nSPS) is 16.4. The number of likely N-dealkylation sites (tertiary alicyclic amines) is 1. The first-order chi connectivity index (χ1) is 14.9. The van der Waals surface area contributed by atoms with E-state index < -0.39 is 0 Å². The highest BCUT2D eigenvalue weighted by atomic mass is 32.1. The summed E-state index contributed by atoms with van der Waals surface area (Å²) < 4.78 is 14.6. The minimum absolute atomic E-state index is 0.0196. The highest BCUT2D eigenvalue weighted by molar-refractivity contribution is 7.09. The summed E-state index contributed by atoms with van der Waals surface area (Å²) in [5, 5.41) is 2.91. The zero-order chi connectivity index (χ0) is 22.0. The number of carbonyl (C=O) groups excluding carboxylic acids is 1. The van der Waals surface area contributed by atoms with Crippen LogP contribution in [0.1, 0.15) is 35.2 Å². The lowest BCUT2D eigenvalue weighted by molar-refractivity contribution is -0.131. The van der Waals surface area contributed by atoms with Crippen molar-refractivity contribution in [3.05, 3.63) is 58.1 Å². The van der Waals surface area contributed by atoms with E-state index in [1.54, 1.807) is 29.7 Å². The van der Waals surface area contributed by atoms with E-state index in [2.05, 4.69) is 9.97 Å². The van der Waals surface area contributed by atoms with Gasteiger partial charge in [0.2, 0.25) is 11.9 Å². The summed E-state index contributed by atoms with van der Waals surface area (Å²) in [6.45, 7) is 3.23. The fourth-order valence-corrected chi connectivity index (χ4v) is 4.59. The first kappa shape index (κ1) is 21.4. The van der Waals surface area contributed by atoms with E-state index in [-0.39, 0.29) is 17.6 Å². The number of carbonyl (C=O) groups is 1. The number of benzene rings is 1. The standard InChI is InChI=1S/C23H26FN5OS/c1-15-26-17(14-31-15)11-21(30)29-10-6-7-16(13-29)22-19(12-25-23(27-22)28(2)3)18-8-4-5-9-20(18)24/h4-5,8-9,12,14,16H,6-7,10-11,13H2,1-3H3. The first-order valence-electron chi connectivity index (χ1n) is 10.4. The van der Waals surface area contributed by atoms with E-state index in [0.29, 0.717) is 30.0 Å². The van der Waals surface area contributed by atoms with Crippen molar-refractivity contribution in [3.63, 3.8) is 0 Å². The number of hydrogen-bond acceptors (Lipinski definition) is 6.